The van der Waals surface area contributed by atoms with Gasteiger partial charge in [0.25, 0.3) is 0 Å². The summed E-state index contributed by atoms with van der Waals surface area (Å²) in [6.07, 6.45) is 8.60. The zero-order valence-electron chi connectivity index (χ0n) is 12.1. The third kappa shape index (κ3) is 2.78. The van der Waals surface area contributed by atoms with Crippen LogP contribution in [0.5, 0.6) is 5.75 Å². The molecule has 4 heteroatoms. The van der Waals surface area contributed by atoms with E-state index in [2.05, 4.69) is 17.8 Å². The van der Waals surface area contributed by atoms with Gasteiger partial charge in [-0.2, -0.15) is 0 Å². The van der Waals surface area contributed by atoms with Crippen LogP contribution in [0.1, 0.15) is 38.1 Å². The molecular formula is C16H21N3O. The third-order valence-electron chi connectivity index (χ3n) is 3.43. The van der Waals surface area contributed by atoms with E-state index in [1.807, 2.05) is 22.8 Å². The van der Waals surface area contributed by atoms with Gasteiger partial charge in [0.15, 0.2) is 0 Å². The second kappa shape index (κ2) is 6.44. The highest BCUT2D eigenvalue weighted by molar-refractivity contribution is 5.78. The number of hydrogen-bond acceptors (Lipinski definition) is 3. The first-order valence-corrected chi connectivity index (χ1v) is 6.94. The van der Waals surface area contributed by atoms with Crippen molar-refractivity contribution in [2.24, 2.45) is 5.73 Å². The molecule has 2 aromatic rings. The maximum atomic E-state index is 6.26. The quantitative estimate of drug-likeness (QED) is 0.822. The molecule has 106 valence electrons. The number of benzene rings is 1. The lowest BCUT2D eigenvalue weighted by Gasteiger charge is -2.12. The van der Waals surface area contributed by atoms with Crippen LogP contribution in [-0.2, 0) is 6.54 Å². The van der Waals surface area contributed by atoms with Crippen molar-refractivity contribution in [1.82, 2.24) is 9.55 Å². The summed E-state index contributed by atoms with van der Waals surface area (Å²) in [4.78, 5) is 4.66. The van der Waals surface area contributed by atoms with Gasteiger partial charge in [0, 0.05) is 6.07 Å². The highest BCUT2D eigenvalue weighted by atomic mass is 16.5. The number of imidazole rings is 1. The van der Waals surface area contributed by atoms with E-state index in [0.29, 0.717) is 6.54 Å². The highest BCUT2D eigenvalue weighted by Gasteiger charge is 2.16. The molecule has 2 rings (SSSR count). The molecule has 1 aromatic heterocycles. The van der Waals surface area contributed by atoms with E-state index < -0.39 is 0 Å². The molecule has 0 aliphatic rings. The minimum Gasteiger partial charge on any atom is -0.497 e. The first kappa shape index (κ1) is 14.4. The lowest BCUT2D eigenvalue weighted by atomic mass is 10.1. The van der Waals surface area contributed by atoms with Crippen LogP contribution < -0.4 is 10.5 Å². The van der Waals surface area contributed by atoms with E-state index in [-0.39, 0.29) is 6.04 Å². The molecule has 0 bridgehead atoms. The average molecular weight is 271 g/mol. The van der Waals surface area contributed by atoms with Crippen LogP contribution in [0.25, 0.3) is 11.0 Å². The number of rotatable bonds is 6. The Balaban J connectivity index is 2.46. The standard InChI is InChI=1S/C16H21N3O/c1-4-6-7-13(17)16-18-14-11-12(20-3)8-9-15(14)19(16)10-5-2/h2,8-9,11,13H,4,6-7,10,17H2,1,3H3. The van der Waals surface area contributed by atoms with Crippen LogP contribution in [0.3, 0.4) is 0 Å². The largest absolute Gasteiger partial charge is 0.497 e. The summed E-state index contributed by atoms with van der Waals surface area (Å²) in [5, 5.41) is 0. The molecule has 1 aromatic carbocycles. The van der Waals surface area contributed by atoms with Gasteiger partial charge in [-0.25, -0.2) is 4.98 Å². The third-order valence-corrected chi connectivity index (χ3v) is 3.43. The fourth-order valence-corrected chi connectivity index (χ4v) is 2.35. The lowest BCUT2D eigenvalue weighted by Crippen LogP contribution is -2.16. The molecule has 0 radical (unpaired) electrons. The number of ether oxygens (including phenoxy) is 1. The number of terminal acetylenes is 1. The number of methoxy groups -OCH3 is 1. The van der Waals surface area contributed by atoms with Crippen molar-refractivity contribution in [3.63, 3.8) is 0 Å². The molecule has 1 atom stereocenters. The second-order valence-corrected chi connectivity index (χ2v) is 4.86. The summed E-state index contributed by atoms with van der Waals surface area (Å²) < 4.78 is 7.26. The Morgan fingerprint density at radius 2 is 2.30 bits per heavy atom. The van der Waals surface area contributed by atoms with E-state index in [1.165, 1.54) is 0 Å². The van der Waals surface area contributed by atoms with Crippen LogP contribution in [0.15, 0.2) is 18.2 Å². The summed E-state index contributed by atoms with van der Waals surface area (Å²) in [5.41, 5.74) is 8.15. The summed E-state index contributed by atoms with van der Waals surface area (Å²) >= 11 is 0. The monoisotopic (exact) mass is 271 g/mol. The summed E-state index contributed by atoms with van der Waals surface area (Å²) in [5.74, 6) is 4.33. The van der Waals surface area contributed by atoms with E-state index >= 15 is 0 Å². The Kier molecular flexibility index (Phi) is 4.65. The fraction of sp³-hybridized carbons (Fsp3) is 0.438. The van der Waals surface area contributed by atoms with Crippen LogP contribution in [0.4, 0.5) is 0 Å². The Morgan fingerprint density at radius 3 is 2.95 bits per heavy atom. The number of fused-ring (bicyclic) bond motifs is 1. The first-order valence-electron chi connectivity index (χ1n) is 6.94. The van der Waals surface area contributed by atoms with Crippen LogP contribution in [-0.4, -0.2) is 16.7 Å². The Hall–Kier alpha value is -1.99. The molecule has 0 saturated heterocycles. The van der Waals surface area contributed by atoms with Gasteiger partial charge in [0.1, 0.15) is 11.6 Å². The normalized spacial score (nSPS) is 12.3. The van der Waals surface area contributed by atoms with E-state index in [0.717, 1.165) is 41.9 Å². The lowest BCUT2D eigenvalue weighted by molar-refractivity contribution is 0.415. The van der Waals surface area contributed by atoms with Gasteiger partial charge < -0.3 is 15.0 Å². The maximum Gasteiger partial charge on any atom is 0.127 e. The Labute approximate surface area is 119 Å². The number of unbranched alkanes of at least 4 members (excludes halogenated alkanes) is 1. The van der Waals surface area contributed by atoms with E-state index in [1.54, 1.807) is 7.11 Å². The van der Waals surface area contributed by atoms with Gasteiger partial charge >= 0.3 is 0 Å². The summed E-state index contributed by atoms with van der Waals surface area (Å²) in [7, 11) is 1.65. The van der Waals surface area contributed by atoms with Crippen molar-refractivity contribution < 1.29 is 4.74 Å². The van der Waals surface area contributed by atoms with Gasteiger partial charge in [-0.1, -0.05) is 25.7 Å². The predicted octanol–water partition coefficient (Wildman–Crippen LogP) is 2.87. The van der Waals surface area contributed by atoms with Crippen molar-refractivity contribution in [2.45, 2.75) is 38.8 Å². The van der Waals surface area contributed by atoms with Crippen LogP contribution >= 0.6 is 0 Å². The molecular weight excluding hydrogens is 250 g/mol. The molecule has 0 aliphatic heterocycles. The average Bonchev–Trinajstić information content (AvgIpc) is 2.83. The molecule has 20 heavy (non-hydrogen) atoms. The Bertz CT molecular complexity index is 624. The van der Waals surface area contributed by atoms with Gasteiger partial charge in [-0.15, -0.1) is 6.42 Å². The minimum atomic E-state index is -0.0818. The van der Waals surface area contributed by atoms with Crippen molar-refractivity contribution in [3.8, 4) is 18.1 Å². The first-order chi connectivity index (χ1) is 9.71. The number of nitrogens with two attached hydrogens (primary N) is 1. The SMILES string of the molecule is C#CCn1c(C(N)CCCC)nc2cc(OC)ccc21. The summed E-state index contributed by atoms with van der Waals surface area (Å²) in [6.45, 7) is 2.64. The Morgan fingerprint density at radius 1 is 1.50 bits per heavy atom. The van der Waals surface area contributed by atoms with Crippen molar-refractivity contribution in [2.75, 3.05) is 7.11 Å². The van der Waals surface area contributed by atoms with Gasteiger partial charge in [0.2, 0.25) is 0 Å². The zero-order valence-corrected chi connectivity index (χ0v) is 12.1. The van der Waals surface area contributed by atoms with Gasteiger partial charge in [-0.3, -0.25) is 0 Å². The smallest absolute Gasteiger partial charge is 0.127 e. The highest BCUT2D eigenvalue weighted by Crippen LogP contribution is 2.25. The molecule has 0 spiro atoms. The van der Waals surface area contributed by atoms with Gasteiger partial charge in [-0.05, 0) is 18.6 Å². The maximum absolute atomic E-state index is 6.26. The van der Waals surface area contributed by atoms with E-state index in [4.69, 9.17) is 16.9 Å². The van der Waals surface area contributed by atoms with E-state index in [9.17, 15) is 0 Å². The predicted molar refractivity (Wildman–Crippen MR) is 81.6 cm³/mol. The number of aromatic nitrogens is 2. The fourth-order valence-electron chi connectivity index (χ4n) is 2.35. The van der Waals surface area contributed by atoms with Crippen molar-refractivity contribution in [3.05, 3.63) is 24.0 Å². The van der Waals surface area contributed by atoms with Gasteiger partial charge in [0.05, 0.1) is 30.7 Å². The molecule has 2 N–H and O–H groups in total. The molecule has 0 aliphatic carbocycles. The molecule has 0 amide bonds. The molecule has 0 saturated carbocycles. The molecule has 1 unspecified atom stereocenters. The van der Waals surface area contributed by atoms with Crippen molar-refractivity contribution in [1.29, 1.82) is 0 Å². The summed E-state index contributed by atoms with van der Waals surface area (Å²) in [6, 6.07) is 5.73. The van der Waals surface area contributed by atoms with Crippen molar-refractivity contribution >= 4 is 11.0 Å². The van der Waals surface area contributed by atoms with Crippen LogP contribution in [0, 0.1) is 12.3 Å². The molecule has 0 fully saturated rings. The second-order valence-electron chi connectivity index (χ2n) is 4.86. The molecule has 4 nitrogen and oxygen atoms in total. The zero-order chi connectivity index (χ0) is 14.5. The number of nitrogens with zero attached hydrogens (tertiary/aromatic N) is 2. The van der Waals surface area contributed by atoms with Crippen LogP contribution in [0.2, 0.25) is 0 Å². The topological polar surface area (TPSA) is 53.1 Å². The number of hydrogen-bond donors (Lipinski definition) is 1. The minimum absolute atomic E-state index is 0.0818. The molecule has 1 heterocycles.